The van der Waals surface area contributed by atoms with Crippen LogP contribution >= 0.6 is 0 Å². The van der Waals surface area contributed by atoms with E-state index in [1.54, 1.807) is 24.3 Å². The predicted molar refractivity (Wildman–Crippen MR) is 156 cm³/mol. The molecule has 3 aromatic rings. The summed E-state index contributed by atoms with van der Waals surface area (Å²) in [7, 11) is -3.82. The van der Waals surface area contributed by atoms with Crippen LogP contribution in [-0.4, -0.2) is 68.9 Å². The molecule has 41 heavy (non-hydrogen) atoms. The molecule has 1 aromatic heterocycles. The maximum atomic E-state index is 13.4. The summed E-state index contributed by atoms with van der Waals surface area (Å²) in [5.41, 5.74) is 5.98. The van der Waals surface area contributed by atoms with E-state index < -0.39 is 22.2 Å². The smallest absolute Gasteiger partial charge is 0.267 e. The van der Waals surface area contributed by atoms with Crippen LogP contribution in [0.25, 0.3) is 17.2 Å². The van der Waals surface area contributed by atoms with Crippen LogP contribution in [-0.2, 0) is 35.5 Å². The molecule has 0 bridgehead atoms. The minimum atomic E-state index is -3.82. The van der Waals surface area contributed by atoms with Gasteiger partial charge in [-0.1, -0.05) is 36.4 Å². The quantitative estimate of drug-likeness (QED) is 0.268. The van der Waals surface area contributed by atoms with Gasteiger partial charge in [-0.15, -0.1) is 0 Å². The fourth-order valence-corrected chi connectivity index (χ4v) is 6.18. The van der Waals surface area contributed by atoms with E-state index in [0.717, 1.165) is 80.1 Å². The molecule has 3 heterocycles. The van der Waals surface area contributed by atoms with Gasteiger partial charge in [-0.25, -0.2) is 22.7 Å². The molecule has 2 aliphatic heterocycles. The number of aromatic nitrogens is 1. The zero-order chi connectivity index (χ0) is 28.5. The number of rotatable bonds is 11. The second kappa shape index (κ2) is 14.1. The Kier molecular flexibility index (Phi) is 10.0. The standard InChI is InChI=1S/C31H37N3O6S/c35-30(32-40-31-8-1-2-20-39-31)14-11-26-15-17-34(24-26)41(36,37)29-7-3-6-28(23-29)27-12-9-25(10-13-27)5-4-16-33-18-21-38-22-19-33/h3,6-7,9-15,17,23-24,31H,1-2,4-5,8,16,18-22H2,(H,32,35)/b14-11+. The van der Waals surface area contributed by atoms with Gasteiger partial charge in [0.2, 0.25) is 0 Å². The fourth-order valence-electron chi connectivity index (χ4n) is 4.93. The summed E-state index contributed by atoms with van der Waals surface area (Å²) < 4.78 is 38.7. The Balaban J connectivity index is 1.17. The van der Waals surface area contributed by atoms with Crippen molar-refractivity contribution in [3.63, 3.8) is 0 Å². The van der Waals surface area contributed by atoms with Gasteiger partial charge in [-0.05, 0) is 78.8 Å². The largest absolute Gasteiger partial charge is 0.379 e. The van der Waals surface area contributed by atoms with E-state index in [4.69, 9.17) is 14.3 Å². The zero-order valence-corrected chi connectivity index (χ0v) is 23.9. The average molecular weight is 580 g/mol. The number of amides is 1. The normalized spacial score (nSPS) is 18.5. The molecule has 2 saturated heterocycles. The van der Waals surface area contributed by atoms with E-state index in [9.17, 15) is 13.2 Å². The van der Waals surface area contributed by atoms with Crippen LogP contribution in [0.4, 0.5) is 0 Å². The third kappa shape index (κ3) is 8.15. The van der Waals surface area contributed by atoms with Crippen molar-refractivity contribution >= 4 is 22.0 Å². The highest BCUT2D eigenvalue weighted by Crippen LogP contribution is 2.25. The molecule has 2 aliphatic rings. The Bertz CT molecular complexity index is 1420. The second-order valence-electron chi connectivity index (χ2n) is 10.3. The number of ether oxygens (including phenoxy) is 2. The number of hydrogen-bond acceptors (Lipinski definition) is 7. The summed E-state index contributed by atoms with van der Waals surface area (Å²) in [6.45, 7) is 5.32. The van der Waals surface area contributed by atoms with E-state index in [0.29, 0.717) is 12.2 Å². The summed E-state index contributed by atoms with van der Waals surface area (Å²) >= 11 is 0. The first-order valence-electron chi connectivity index (χ1n) is 14.2. The number of nitrogens with one attached hydrogen (secondary N) is 1. The minimum Gasteiger partial charge on any atom is -0.379 e. The highest BCUT2D eigenvalue weighted by atomic mass is 32.2. The summed E-state index contributed by atoms with van der Waals surface area (Å²) in [5.74, 6) is -0.453. The summed E-state index contributed by atoms with van der Waals surface area (Å²) in [6.07, 6.45) is 10.1. The first kappa shape index (κ1) is 29.2. The van der Waals surface area contributed by atoms with Crippen LogP contribution in [0.15, 0.2) is 78.0 Å². The number of carbonyl (C=O) groups excluding carboxylic acids is 1. The number of morpholine rings is 1. The maximum Gasteiger partial charge on any atom is 0.267 e. The molecule has 218 valence electrons. The number of nitrogens with zero attached hydrogens (tertiary/aromatic N) is 2. The monoisotopic (exact) mass is 579 g/mol. The summed E-state index contributed by atoms with van der Waals surface area (Å²) in [6, 6.07) is 16.9. The number of hydrogen-bond donors (Lipinski definition) is 1. The lowest BCUT2D eigenvalue weighted by Gasteiger charge is -2.26. The molecule has 1 atom stereocenters. The van der Waals surface area contributed by atoms with Crippen molar-refractivity contribution < 1.29 is 27.5 Å². The van der Waals surface area contributed by atoms with Crippen LogP contribution in [0.5, 0.6) is 0 Å². The molecule has 2 aromatic carbocycles. The van der Waals surface area contributed by atoms with E-state index in [1.807, 2.05) is 18.2 Å². The molecule has 0 aliphatic carbocycles. The van der Waals surface area contributed by atoms with E-state index in [1.165, 1.54) is 30.1 Å². The molecule has 10 heteroatoms. The fraction of sp³-hybridized carbons (Fsp3) is 0.387. The summed E-state index contributed by atoms with van der Waals surface area (Å²) in [4.78, 5) is 20.0. The molecule has 0 radical (unpaired) electrons. The number of hydroxylamine groups is 1. The van der Waals surface area contributed by atoms with Gasteiger partial charge in [-0.2, -0.15) is 0 Å². The molecular formula is C31H37N3O6S. The second-order valence-corrected chi connectivity index (χ2v) is 12.1. The van der Waals surface area contributed by atoms with Crippen LogP contribution in [0.3, 0.4) is 0 Å². The van der Waals surface area contributed by atoms with E-state index >= 15 is 0 Å². The Morgan fingerprint density at radius 3 is 2.63 bits per heavy atom. The minimum absolute atomic E-state index is 0.189. The van der Waals surface area contributed by atoms with Gasteiger partial charge in [-0.3, -0.25) is 9.69 Å². The first-order chi connectivity index (χ1) is 20.0. The van der Waals surface area contributed by atoms with E-state index in [-0.39, 0.29) is 4.90 Å². The van der Waals surface area contributed by atoms with Crippen molar-refractivity contribution in [2.45, 2.75) is 43.3 Å². The zero-order valence-electron chi connectivity index (χ0n) is 23.1. The average Bonchev–Trinajstić information content (AvgIpc) is 3.51. The highest BCUT2D eigenvalue weighted by Gasteiger charge is 2.18. The van der Waals surface area contributed by atoms with Crippen LogP contribution in [0.2, 0.25) is 0 Å². The number of carbonyl (C=O) groups is 1. The van der Waals surface area contributed by atoms with Gasteiger partial charge in [0.1, 0.15) is 0 Å². The van der Waals surface area contributed by atoms with Gasteiger partial charge in [0.25, 0.3) is 15.9 Å². The lowest BCUT2D eigenvalue weighted by Crippen LogP contribution is -2.36. The lowest BCUT2D eigenvalue weighted by molar-refractivity contribution is -0.198. The third-order valence-electron chi connectivity index (χ3n) is 7.29. The molecule has 5 rings (SSSR count). The van der Waals surface area contributed by atoms with Crippen molar-refractivity contribution in [2.24, 2.45) is 0 Å². The van der Waals surface area contributed by atoms with Crippen molar-refractivity contribution in [2.75, 3.05) is 39.5 Å². The number of aryl methyl sites for hydroxylation is 1. The Labute approximate surface area is 241 Å². The van der Waals surface area contributed by atoms with Gasteiger partial charge < -0.3 is 9.47 Å². The van der Waals surface area contributed by atoms with Crippen molar-refractivity contribution in [1.82, 2.24) is 14.4 Å². The van der Waals surface area contributed by atoms with Crippen molar-refractivity contribution in [3.8, 4) is 11.1 Å². The van der Waals surface area contributed by atoms with Crippen LogP contribution in [0, 0.1) is 0 Å². The SMILES string of the molecule is O=C(/C=C/c1ccn(S(=O)(=O)c2cccc(-c3ccc(CCCN4CCOCC4)cc3)c2)c1)NOC1CCCCO1. The first-order valence-corrected chi connectivity index (χ1v) is 15.6. The van der Waals surface area contributed by atoms with E-state index in [2.05, 4.69) is 22.5 Å². The number of benzene rings is 2. The topological polar surface area (TPSA) is 99.1 Å². The molecule has 2 fully saturated rings. The molecule has 1 N–H and O–H groups in total. The maximum absolute atomic E-state index is 13.4. The van der Waals surface area contributed by atoms with Gasteiger partial charge in [0, 0.05) is 44.6 Å². The van der Waals surface area contributed by atoms with Gasteiger partial charge in [0.05, 0.1) is 18.1 Å². The predicted octanol–water partition coefficient (Wildman–Crippen LogP) is 4.24. The third-order valence-corrected chi connectivity index (χ3v) is 8.92. The Morgan fingerprint density at radius 1 is 1.02 bits per heavy atom. The van der Waals surface area contributed by atoms with Crippen molar-refractivity contribution in [3.05, 3.63) is 84.2 Å². The molecule has 0 spiro atoms. The van der Waals surface area contributed by atoms with Gasteiger partial charge in [0.15, 0.2) is 6.29 Å². The molecule has 0 saturated carbocycles. The van der Waals surface area contributed by atoms with Gasteiger partial charge >= 0.3 is 0 Å². The molecule has 1 amide bonds. The molecular weight excluding hydrogens is 542 g/mol. The van der Waals surface area contributed by atoms with Crippen LogP contribution < -0.4 is 5.48 Å². The Morgan fingerprint density at radius 2 is 1.85 bits per heavy atom. The highest BCUT2D eigenvalue weighted by molar-refractivity contribution is 7.90. The van der Waals surface area contributed by atoms with Crippen LogP contribution in [0.1, 0.15) is 36.8 Å². The van der Waals surface area contributed by atoms with Crippen molar-refractivity contribution in [1.29, 1.82) is 0 Å². The Hall–Kier alpha value is -3.28. The summed E-state index contributed by atoms with van der Waals surface area (Å²) in [5, 5.41) is 0. The lowest BCUT2D eigenvalue weighted by atomic mass is 10.0. The molecule has 9 nitrogen and oxygen atoms in total. The molecule has 1 unspecified atom stereocenters.